The zero-order chi connectivity index (χ0) is 71.3. The topological polar surface area (TPSA) is 36.1 Å². The lowest BCUT2D eigenvalue weighted by Gasteiger charge is -2.25. The van der Waals surface area contributed by atoms with Crippen LogP contribution >= 0.6 is 0 Å². The second-order valence-corrected chi connectivity index (χ2v) is 30.0. The Morgan fingerprint density at radius 3 is 1.05 bits per heavy atom. The molecule has 0 radical (unpaired) electrons. The predicted octanol–water partition coefficient (Wildman–Crippen LogP) is 28.6. The van der Waals surface area contributed by atoms with Crippen LogP contribution in [0.3, 0.4) is 0 Å². The minimum Gasteiger partial charge on any atom is -0.456 e. The number of hydrogen-bond donors (Lipinski definition) is 0. The first-order valence-electron chi connectivity index (χ1n) is 38.1. The average molecular weight is 1390 g/mol. The Morgan fingerprint density at radius 1 is 0.182 bits per heavy atom. The smallest absolute Gasteiger partial charge is 0.136 e. The number of benzene rings is 18. The molecule has 0 unspecified atom stereocenters. The van der Waals surface area contributed by atoms with Gasteiger partial charge in [0, 0.05) is 104 Å². The molecule has 0 saturated heterocycles. The summed E-state index contributed by atoms with van der Waals surface area (Å²) in [7, 11) is 0. The van der Waals surface area contributed by atoms with Crippen LogP contribution < -0.4 is 4.90 Å². The number of furan rings is 1. The Bertz CT molecular complexity index is 8270. The summed E-state index contributed by atoms with van der Waals surface area (Å²) in [6.45, 7) is 0. The third-order valence-electron chi connectivity index (χ3n) is 24.7. The van der Waals surface area contributed by atoms with Crippen LogP contribution in [0.5, 0.6) is 0 Å². The van der Waals surface area contributed by atoms with Gasteiger partial charge in [-0.15, -0.1) is 0 Å². The van der Waals surface area contributed by atoms with E-state index in [4.69, 9.17) is 4.42 Å². The van der Waals surface area contributed by atoms with Gasteiger partial charge in [0.05, 0.1) is 44.1 Å². The summed E-state index contributed by atoms with van der Waals surface area (Å²) < 4.78 is 16.3. The van der Waals surface area contributed by atoms with Gasteiger partial charge in [-0.05, 0) is 233 Å². The highest BCUT2D eigenvalue weighted by atomic mass is 16.3. The van der Waals surface area contributed by atoms with Crippen molar-refractivity contribution in [3.8, 4) is 56.1 Å². The van der Waals surface area contributed by atoms with E-state index in [1.165, 1.54) is 191 Å². The molecule has 0 bridgehead atoms. The number of rotatable bonds is 8. The Labute approximate surface area is 628 Å². The van der Waals surface area contributed by atoms with Crippen molar-refractivity contribution in [2.45, 2.75) is 0 Å². The van der Waals surface area contributed by atoms with Gasteiger partial charge >= 0.3 is 0 Å². The van der Waals surface area contributed by atoms with Crippen LogP contribution in [0.1, 0.15) is 0 Å². The molecule has 506 valence electrons. The van der Waals surface area contributed by atoms with Gasteiger partial charge in [-0.1, -0.05) is 212 Å². The van der Waals surface area contributed by atoms with Crippen molar-refractivity contribution in [1.82, 2.24) is 18.3 Å². The second kappa shape index (κ2) is 21.5. The lowest BCUT2D eigenvalue weighted by atomic mass is 9.94. The van der Waals surface area contributed by atoms with Crippen LogP contribution in [0, 0.1) is 0 Å². The fourth-order valence-corrected chi connectivity index (χ4v) is 20.5. The molecule has 0 fully saturated rings. The highest BCUT2D eigenvalue weighted by Crippen LogP contribution is 2.58. The number of para-hydroxylation sites is 5. The van der Waals surface area contributed by atoms with Crippen LogP contribution in [-0.4, -0.2) is 18.3 Å². The molecule has 2 aliphatic rings. The molecule has 110 heavy (non-hydrogen) atoms. The van der Waals surface area contributed by atoms with E-state index in [1.807, 2.05) is 6.07 Å². The fourth-order valence-electron chi connectivity index (χ4n) is 20.5. The molecule has 27 rings (SSSR count). The van der Waals surface area contributed by atoms with Crippen molar-refractivity contribution in [3.05, 3.63) is 358 Å². The van der Waals surface area contributed by atoms with Gasteiger partial charge < -0.3 is 27.6 Å². The van der Waals surface area contributed by atoms with Crippen LogP contribution in [-0.2, 0) is 0 Å². The van der Waals surface area contributed by atoms with Crippen molar-refractivity contribution in [1.29, 1.82) is 0 Å². The van der Waals surface area contributed by atoms with Crippen LogP contribution in [0.25, 0.3) is 230 Å². The van der Waals surface area contributed by atoms with Crippen molar-refractivity contribution >= 4 is 191 Å². The van der Waals surface area contributed by atoms with E-state index in [1.54, 1.807) is 0 Å². The largest absolute Gasteiger partial charge is 0.456 e. The Balaban J connectivity index is 0.000000123. The Kier molecular flexibility index (Phi) is 11.4. The molecule has 5 aromatic heterocycles. The zero-order valence-electron chi connectivity index (χ0n) is 59.2. The maximum atomic E-state index is 6.32. The number of aromatic nitrogens is 4. The van der Waals surface area contributed by atoms with E-state index < -0.39 is 0 Å². The predicted molar refractivity (Wildman–Crippen MR) is 463 cm³/mol. The van der Waals surface area contributed by atoms with Gasteiger partial charge in [-0.2, -0.15) is 0 Å². The lowest BCUT2D eigenvalue weighted by Crippen LogP contribution is -2.09. The summed E-state index contributed by atoms with van der Waals surface area (Å²) in [4.78, 5) is 2.32. The second-order valence-electron chi connectivity index (χ2n) is 30.0. The number of anilines is 3. The van der Waals surface area contributed by atoms with Crippen molar-refractivity contribution < 1.29 is 4.42 Å². The fraction of sp³-hybridized carbons (Fsp3) is 0. The summed E-state index contributed by atoms with van der Waals surface area (Å²) in [5.74, 6) is 0. The van der Waals surface area contributed by atoms with Gasteiger partial charge in [0.25, 0.3) is 0 Å². The highest BCUT2D eigenvalue weighted by Gasteiger charge is 2.33. The average Bonchev–Trinajstić information content (AvgIpc) is 1.51. The molecule has 0 amide bonds. The number of fused-ring (bicyclic) bond motifs is 7. The highest BCUT2D eigenvalue weighted by molar-refractivity contribution is 6.48. The van der Waals surface area contributed by atoms with Crippen LogP contribution in [0.4, 0.5) is 17.1 Å². The van der Waals surface area contributed by atoms with E-state index >= 15 is 0 Å². The third-order valence-corrected chi connectivity index (χ3v) is 24.7. The SMILES string of the molecule is c1ccc(-n2c3cc4cccc5c4c4c6c-5cccc6c5cccc6c5c5c(c43)c2ccc5n6-c2cccc(-c3cccc4oc5ccccc5c34)c2)cc1.c1ccc(N(c2ccccc2)c2ccc(-n3c4cccc5c6cccc7c6c6c8c-7cccc8cc7c6c6c(c54)c3ccc6n7-c3ccccc3)cc2)cc1. The zero-order valence-corrected chi connectivity index (χ0v) is 59.2. The van der Waals surface area contributed by atoms with E-state index in [0.29, 0.717) is 0 Å². The molecule has 0 aliphatic heterocycles. The summed E-state index contributed by atoms with van der Waals surface area (Å²) in [6.07, 6.45) is 0. The number of nitrogens with zero attached hydrogens (tertiary/aromatic N) is 5. The molecule has 6 nitrogen and oxygen atoms in total. The lowest BCUT2D eigenvalue weighted by molar-refractivity contribution is 0.669. The minimum atomic E-state index is 0.909. The molecule has 6 heteroatoms. The quantitative estimate of drug-likeness (QED) is 0.152. The van der Waals surface area contributed by atoms with Crippen LogP contribution in [0.2, 0.25) is 0 Å². The van der Waals surface area contributed by atoms with Gasteiger partial charge in [0.15, 0.2) is 0 Å². The molecule has 25 aromatic rings. The molecule has 0 N–H and O–H groups in total. The van der Waals surface area contributed by atoms with E-state index in [2.05, 4.69) is 375 Å². The molecular formula is C104H59N5O. The maximum absolute atomic E-state index is 6.32. The van der Waals surface area contributed by atoms with E-state index in [9.17, 15) is 0 Å². The van der Waals surface area contributed by atoms with Crippen molar-refractivity contribution in [3.63, 3.8) is 0 Å². The standard InChI is InChI=1S/C52H31N3.C52H28N2O/c1-4-14-33(15-5-1)53(34-16-6-2-7-17-34)36-25-27-37(28-26-36)54-42-24-12-23-41-40-22-11-21-39-38-20-10-13-32-31-45-51(52(46(32)38)47(39)40)50-44(30-29-43(54)49(50)48(41)42)55(45)35-18-8-3-9-19-35;1-2-13-31(14-3-1)53-41-26-25-40-49-48-37(36-20-8-19-35-34-18-7-12-30-28-42(53)51(50(41)49)52(45(30)34)47(35)36)21-9-22-39(48)54(40)32-15-6-11-29(27-32)33-17-10-24-44-46(33)38-16-4-5-23-43(38)55-44/h1-31H;1-28H. The number of hydrogen-bond acceptors (Lipinski definition) is 2. The third kappa shape index (κ3) is 7.55. The first kappa shape index (κ1) is 58.5. The van der Waals surface area contributed by atoms with E-state index in [0.717, 1.165) is 55.9 Å². The first-order valence-corrected chi connectivity index (χ1v) is 38.1. The van der Waals surface area contributed by atoms with Gasteiger partial charge in [-0.3, -0.25) is 0 Å². The first-order chi connectivity index (χ1) is 54.6. The normalized spacial score (nSPS) is 12.5. The molecule has 0 atom stereocenters. The molecule has 2 aliphatic carbocycles. The van der Waals surface area contributed by atoms with Crippen LogP contribution in [0.15, 0.2) is 362 Å². The minimum absolute atomic E-state index is 0.909. The Hall–Kier alpha value is -14.7. The molecule has 0 saturated carbocycles. The van der Waals surface area contributed by atoms with Gasteiger partial charge in [0.1, 0.15) is 11.2 Å². The monoisotopic (exact) mass is 1390 g/mol. The summed E-state index contributed by atoms with van der Waals surface area (Å²) >= 11 is 0. The Morgan fingerprint density at radius 2 is 0.527 bits per heavy atom. The van der Waals surface area contributed by atoms with E-state index in [-0.39, 0.29) is 0 Å². The maximum Gasteiger partial charge on any atom is 0.136 e. The summed E-state index contributed by atoms with van der Waals surface area (Å²) in [6, 6.07) is 132. The van der Waals surface area contributed by atoms with Gasteiger partial charge in [0.2, 0.25) is 0 Å². The molecule has 5 heterocycles. The summed E-state index contributed by atoms with van der Waals surface area (Å²) in [5.41, 5.74) is 27.3. The summed E-state index contributed by atoms with van der Waals surface area (Å²) in [5, 5.41) is 28.8. The van der Waals surface area contributed by atoms with Crippen molar-refractivity contribution in [2.24, 2.45) is 0 Å². The van der Waals surface area contributed by atoms with Gasteiger partial charge in [-0.25, -0.2) is 0 Å². The molecular weight excluding hydrogens is 1340 g/mol. The van der Waals surface area contributed by atoms with Crippen molar-refractivity contribution in [2.75, 3.05) is 4.90 Å². The molecule has 20 aromatic carbocycles. The molecule has 0 spiro atoms.